The molecule has 6 heteroatoms. The van der Waals surface area contributed by atoms with E-state index in [9.17, 15) is 9.59 Å². The predicted octanol–water partition coefficient (Wildman–Crippen LogP) is 1.28. The van der Waals surface area contributed by atoms with Gasteiger partial charge in [0.1, 0.15) is 0 Å². The number of likely N-dealkylation sites (tertiary alicyclic amines) is 1. The van der Waals surface area contributed by atoms with Gasteiger partial charge < -0.3 is 19.5 Å². The topological polar surface area (TPSA) is 76.1 Å². The predicted molar refractivity (Wildman–Crippen MR) is 75.9 cm³/mol. The van der Waals surface area contributed by atoms with Crippen LogP contribution in [-0.4, -0.2) is 60.4 Å². The van der Waals surface area contributed by atoms with Crippen molar-refractivity contribution in [3.8, 4) is 0 Å². The third-order valence-corrected chi connectivity index (χ3v) is 4.35. The first kappa shape index (κ1) is 16.2. The van der Waals surface area contributed by atoms with Crippen LogP contribution in [0.5, 0.6) is 0 Å². The van der Waals surface area contributed by atoms with Gasteiger partial charge in [0.15, 0.2) is 0 Å². The summed E-state index contributed by atoms with van der Waals surface area (Å²) in [6.45, 7) is 4.39. The van der Waals surface area contributed by atoms with E-state index in [4.69, 9.17) is 14.6 Å². The second-order valence-corrected chi connectivity index (χ2v) is 5.75. The summed E-state index contributed by atoms with van der Waals surface area (Å²) in [4.78, 5) is 24.9. The first-order valence-corrected chi connectivity index (χ1v) is 7.85. The van der Waals surface area contributed by atoms with Crippen LogP contribution in [0.1, 0.15) is 39.0 Å². The summed E-state index contributed by atoms with van der Waals surface area (Å²) in [6.07, 6.45) is 3.47. The van der Waals surface area contributed by atoms with Crippen molar-refractivity contribution in [1.82, 2.24) is 4.90 Å². The lowest BCUT2D eigenvalue weighted by molar-refractivity contribution is -0.140. The Morgan fingerprint density at radius 3 is 2.62 bits per heavy atom. The zero-order valence-corrected chi connectivity index (χ0v) is 12.6. The van der Waals surface area contributed by atoms with Gasteiger partial charge in [-0.25, -0.2) is 0 Å². The van der Waals surface area contributed by atoms with E-state index in [0.29, 0.717) is 19.7 Å². The van der Waals surface area contributed by atoms with Gasteiger partial charge in [-0.2, -0.15) is 0 Å². The van der Waals surface area contributed by atoms with E-state index in [0.717, 1.165) is 25.7 Å². The molecule has 0 aromatic carbocycles. The van der Waals surface area contributed by atoms with Gasteiger partial charge in [0.05, 0.1) is 31.2 Å². The van der Waals surface area contributed by atoms with Crippen LogP contribution in [-0.2, 0) is 19.1 Å². The maximum absolute atomic E-state index is 12.5. The monoisotopic (exact) mass is 299 g/mol. The van der Waals surface area contributed by atoms with E-state index in [1.165, 1.54) is 0 Å². The van der Waals surface area contributed by atoms with Gasteiger partial charge in [0.25, 0.3) is 0 Å². The summed E-state index contributed by atoms with van der Waals surface area (Å²) in [5.74, 6) is -0.614. The van der Waals surface area contributed by atoms with Crippen molar-refractivity contribution in [2.75, 3.05) is 26.3 Å². The van der Waals surface area contributed by atoms with E-state index >= 15 is 0 Å². The number of amides is 1. The summed E-state index contributed by atoms with van der Waals surface area (Å²) in [7, 11) is 0. The van der Waals surface area contributed by atoms with Crippen LogP contribution in [0.2, 0.25) is 0 Å². The highest BCUT2D eigenvalue weighted by Gasteiger charge is 2.36. The molecule has 1 N–H and O–H groups in total. The minimum Gasteiger partial charge on any atom is -0.481 e. The van der Waals surface area contributed by atoms with Crippen molar-refractivity contribution >= 4 is 11.9 Å². The summed E-state index contributed by atoms with van der Waals surface area (Å²) in [5, 5.41) is 8.58. The number of carbonyl (C=O) groups is 2. The van der Waals surface area contributed by atoms with Crippen molar-refractivity contribution in [1.29, 1.82) is 0 Å². The third-order valence-electron chi connectivity index (χ3n) is 4.35. The Balaban J connectivity index is 1.73. The number of piperidine rings is 1. The Morgan fingerprint density at radius 1 is 1.29 bits per heavy atom. The van der Waals surface area contributed by atoms with Crippen LogP contribution in [0.15, 0.2) is 0 Å². The van der Waals surface area contributed by atoms with Gasteiger partial charge in [-0.05, 0) is 25.7 Å². The minimum absolute atomic E-state index is 0.0134. The quantitative estimate of drug-likeness (QED) is 0.799. The van der Waals surface area contributed by atoms with Gasteiger partial charge >= 0.3 is 5.97 Å². The normalized spacial score (nSPS) is 27.0. The molecule has 0 bridgehead atoms. The average Bonchev–Trinajstić information content (AvgIpc) is 2.95. The van der Waals surface area contributed by atoms with Crippen LogP contribution >= 0.6 is 0 Å². The maximum atomic E-state index is 12.5. The number of aliphatic carboxylic acids is 1. The molecule has 0 saturated carbocycles. The lowest BCUT2D eigenvalue weighted by Gasteiger charge is -2.34. The van der Waals surface area contributed by atoms with Crippen molar-refractivity contribution < 1.29 is 24.2 Å². The molecular formula is C15H25NO5. The van der Waals surface area contributed by atoms with Gasteiger partial charge in [-0.3, -0.25) is 9.59 Å². The Hall–Kier alpha value is -1.14. The molecule has 2 aliphatic rings. The molecule has 2 unspecified atom stereocenters. The smallest absolute Gasteiger partial charge is 0.305 e. The number of ether oxygens (including phenoxy) is 2. The minimum atomic E-state index is -0.838. The average molecular weight is 299 g/mol. The molecule has 2 heterocycles. The number of carboxylic acid groups (broad SMARTS) is 1. The standard InChI is InChI=1S/C15H25NO5/c1-2-13-12(5-9-21-13)15(19)16-7-3-11(4-8-16)20-10-6-14(17)18/h11-13H,2-10H2,1H3,(H,17,18). The van der Waals surface area contributed by atoms with E-state index in [2.05, 4.69) is 6.92 Å². The molecule has 0 spiro atoms. The molecule has 120 valence electrons. The van der Waals surface area contributed by atoms with Gasteiger partial charge in [-0.1, -0.05) is 6.92 Å². The molecule has 2 aliphatic heterocycles. The Labute approximate surface area is 125 Å². The fraction of sp³-hybridized carbons (Fsp3) is 0.867. The molecule has 0 radical (unpaired) electrons. The summed E-state index contributed by atoms with van der Waals surface area (Å²) in [5.41, 5.74) is 0. The number of carboxylic acids is 1. The SMILES string of the molecule is CCC1OCCC1C(=O)N1CCC(OCCC(=O)O)CC1. The van der Waals surface area contributed by atoms with E-state index in [1.54, 1.807) is 0 Å². The lowest BCUT2D eigenvalue weighted by atomic mass is 9.96. The van der Waals surface area contributed by atoms with Gasteiger partial charge in [0.2, 0.25) is 5.91 Å². The van der Waals surface area contributed by atoms with Crippen molar-refractivity contribution in [2.45, 2.75) is 51.2 Å². The molecule has 0 aromatic heterocycles. The summed E-state index contributed by atoms with van der Waals surface area (Å²) < 4.78 is 11.1. The number of rotatable bonds is 6. The third kappa shape index (κ3) is 4.41. The summed E-state index contributed by atoms with van der Waals surface area (Å²) >= 11 is 0. The van der Waals surface area contributed by atoms with Crippen LogP contribution < -0.4 is 0 Å². The van der Waals surface area contributed by atoms with Crippen molar-refractivity contribution in [3.05, 3.63) is 0 Å². The molecule has 0 aromatic rings. The molecule has 2 saturated heterocycles. The number of nitrogens with zero attached hydrogens (tertiary/aromatic N) is 1. The van der Waals surface area contributed by atoms with E-state index < -0.39 is 5.97 Å². The summed E-state index contributed by atoms with van der Waals surface area (Å²) in [6, 6.07) is 0. The molecule has 2 atom stereocenters. The Morgan fingerprint density at radius 2 is 2.00 bits per heavy atom. The van der Waals surface area contributed by atoms with Gasteiger partial charge in [0, 0.05) is 19.7 Å². The highest BCUT2D eigenvalue weighted by Crippen LogP contribution is 2.27. The van der Waals surface area contributed by atoms with Crippen LogP contribution in [0.3, 0.4) is 0 Å². The Bertz CT molecular complexity index is 365. The highest BCUT2D eigenvalue weighted by atomic mass is 16.5. The number of hydrogen-bond donors (Lipinski definition) is 1. The molecule has 2 fully saturated rings. The second-order valence-electron chi connectivity index (χ2n) is 5.75. The number of carbonyl (C=O) groups excluding carboxylic acids is 1. The molecule has 6 nitrogen and oxygen atoms in total. The van der Waals surface area contributed by atoms with Gasteiger partial charge in [-0.15, -0.1) is 0 Å². The maximum Gasteiger partial charge on any atom is 0.305 e. The molecular weight excluding hydrogens is 274 g/mol. The zero-order chi connectivity index (χ0) is 15.2. The highest BCUT2D eigenvalue weighted by molar-refractivity contribution is 5.79. The largest absolute Gasteiger partial charge is 0.481 e. The fourth-order valence-electron chi connectivity index (χ4n) is 3.12. The fourth-order valence-corrected chi connectivity index (χ4v) is 3.12. The van der Waals surface area contributed by atoms with Crippen molar-refractivity contribution in [3.63, 3.8) is 0 Å². The zero-order valence-electron chi connectivity index (χ0n) is 12.6. The van der Waals surface area contributed by atoms with Crippen LogP contribution in [0.4, 0.5) is 0 Å². The van der Waals surface area contributed by atoms with E-state index in [-0.39, 0.29) is 37.1 Å². The molecule has 21 heavy (non-hydrogen) atoms. The second kappa shape index (κ2) is 7.75. The lowest BCUT2D eigenvalue weighted by Crippen LogP contribution is -2.45. The first-order valence-electron chi connectivity index (χ1n) is 7.85. The molecule has 0 aliphatic carbocycles. The first-order chi connectivity index (χ1) is 10.1. The molecule has 1 amide bonds. The van der Waals surface area contributed by atoms with Crippen molar-refractivity contribution in [2.24, 2.45) is 5.92 Å². The molecule has 2 rings (SSSR count). The van der Waals surface area contributed by atoms with Crippen LogP contribution in [0, 0.1) is 5.92 Å². The number of hydrogen-bond acceptors (Lipinski definition) is 4. The van der Waals surface area contributed by atoms with Crippen LogP contribution in [0.25, 0.3) is 0 Å². The Kier molecular flexibility index (Phi) is 5.99. The van der Waals surface area contributed by atoms with E-state index in [1.807, 2.05) is 4.90 Å².